The van der Waals surface area contributed by atoms with Gasteiger partial charge in [-0.15, -0.1) is 0 Å². The Hall–Kier alpha value is -2.36. The molecule has 0 aromatic heterocycles. The Morgan fingerprint density at radius 2 is 2.05 bits per heavy atom. The van der Waals surface area contributed by atoms with Crippen LogP contribution in [0.4, 0.5) is 15.8 Å². The molecule has 0 radical (unpaired) electrons. The lowest BCUT2D eigenvalue weighted by Gasteiger charge is -2.08. The summed E-state index contributed by atoms with van der Waals surface area (Å²) in [6, 6.07) is 11.9. The predicted octanol–water partition coefficient (Wildman–Crippen LogP) is 3.29. The van der Waals surface area contributed by atoms with Gasteiger partial charge < -0.3 is 11.1 Å². The van der Waals surface area contributed by atoms with Crippen LogP contribution in [0.5, 0.6) is 0 Å². The number of rotatable bonds is 4. The first-order chi connectivity index (χ1) is 9.54. The number of benzene rings is 2. The van der Waals surface area contributed by atoms with Gasteiger partial charge in [0.1, 0.15) is 5.82 Å². The molecule has 0 saturated carbocycles. The predicted molar refractivity (Wildman–Crippen MR) is 78.9 cm³/mol. The summed E-state index contributed by atoms with van der Waals surface area (Å²) in [6.45, 7) is 2.01. The van der Waals surface area contributed by atoms with Gasteiger partial charge in [0.2, 0.25) is 5.91 Å². The molecule has 0 atom stereocenters. The van der Waals surface area contributed by atoms with E-state index in [4.69, 9.17) is 5.73 Å². The Morgan fingerprint density at radius 1 is 1.25 bits per heavy atom. The highest BCUT2D eigenvalue weighted by molar-refractivity contribution is 5.93. The maximum absolute atomic E-state index is 13.1. The smallest absolute Gasteiger partial charge is 0.224 e. The maximum Gasteiger partial charge on any atom is 0.224 e. The van der Waals surface area contributed by atoms with Crippen molar-refractivity contribution in [2.45, 2.75) is 19.8 Å². The van der Waals surface area contributed by atoms with E-state index in [0.717, 1.165) is 11.1 Å². The number of hydrogen-bond acceptors (Lipinski definition) is 2. The van der Waals surface area contributed by atoms with Gasteiger partial charge in [0.15, 0.2) is 0 Å². The van der Waals surface area contributed by atoms with Crippen LogP contribution in [0.15, 0.2) is 42.5 Å². The van der Waals surface area contributed by atoms with Crippen LogP contribution in [0.1, 0.15) is 17.5 Å². The third kappa shape index (κ3) is 3.82. The second-order valence-corrected chi connectivity index (χ2v) is 4.77. The van der Waals surface area contributed by atoms with Crippen molar-refractivity contribution in [1.29, 1.82) is 0 Å². The Bertz CT molecular complexity index is 626. The molecule has 0 unspecified atom stereocenters. The molecule has 2 aromatic carbocycles. The van der Waals surface area contributed by atoms with Crippen molar-refractivity contribution < 1.29 is 9.18 Å². The summed E-state index contributed by atoms with van der Waals surface area (Å²) >= 11 is 0. The van der Waals surface area contributed by atoms with Crippen LogP contribution < -0.4 is 11.1 Å². The van der Waals surface area contributed by atoms with Gasteiger partial charge in [0.25, 0.3) is 0 Å². The molecule has 3 N–H and O–H groups in total. The normalized spacial score (nSPS) is 10.3. The quantitative estimate of drug-likeness (QED) is 0.839. The van der Waals surface area contributed by atoms with Crippen molar-refractivity contribution in [2.75, 3.05) is 11.1 Å². The molecule has 0 bridgehead atoms. The summed E-state index contributed by atoms with van der Waals surface area (Å²) in [5.74, 6) is -0.600. The zero-order chi connectivity index (χ0) is 14.5. The van der Waals surface area contributed by atoms with Gasteiger partial charge in [0, 0.05) is 6.42 Å². The summed E-state index contributed by atoms with van der Waals surface area (Å²) in [4.78, 5) is 11.8. The Morgan fingerprint density at radius 3 is 2.80 bits per heavy atom. The molecule has 4 heteroatoms. The molecule has 20 heavy (non-hydrogen) atoms. The van der Waals surface area contributed by atoms with E-state index < -0.39 is 5.82 Å². The minimum atomic E-state index is -0.423. The van der Waals surface area contributed by atoms with Gasteiger partial charge in [-0.05, 0) is 37.1 Å². The Balaban J connectivity index is 1.94. The number of carbonyl (C=O) groups is 1. The summed E-state index contributed by atoms with van der Waals surface area (Å²) in [5.41, 5.74) is 8.63. The van der Waals surface area contributed by atoms with Crippen LogP contribution in [-0.2, 0) is 11.2 Å². The SMILES string of the molecule is Cc1cccc(CCC(=O)Nc2cc(F)ccc2N)c1. The molecule has 0 aliphatic rings. The molecule has 0 fully saturated rings. The molecule has 104 valence electrons. The monoisotopic (exact) mass is 272 g/mol. The number of amides is 1. The van der Waals surface area contributed by atoms with E-state index in [2.05, 4.69) is 5.32 Å². The summed E-state index contributed by atoms with van der Waals surface area (Å²) < 4.78 is 13.1. The molecular formula is C16H17FN2O. The van der Waals surface area contributed by atoms with E-state index in [0.29, 0.717) is 24.2 Å². The fourth-order valence-corrected chi connectivity index (χ4v) is 1.97. The summed E-state index contributed by atoms with van der Waals surface area (Å²) in [5, 5.41) is 2.63. The van der Waals surface area contributed by atoms with Crippen molar-refractivity contribution in [3.63, 3.8) is 0 Å². The Kier molecular flexibility index (Phi) is 4.35. The number of nitrogens with two attached hydrogens (primary N) is 1. The minimum absolute atomic E-state index is 0.177. The topological polar surface area (TPSA) is 55.1 Å². The zero-order valence-electron chi connectivity index (χ0n) is 11.3. The van der Waals surface area contributed by atoms with E-state index in [1.807, 2.05) is 31.2 Å². The molecule has 0 spiro atoms. The largest absolute Gasteiger partial charge is 0.397 e. The zero-order valence-corrected chi connectivity index (χ0v) is 11.3. The van der Waals surface area contributed by atoms with Gasteiger partial charge in [-0.2, -0.15) is 0 Å². The minimum Gasteiger partial charge on any atom is -0.397 e. The molecule has 1 amide bonds. The molecule has 0 heterocycles. The van der Waals surface area contributed by atoms with Crippen LogP contribution in [0.3, 0.4) is 0 Å². The molecular weight excluding hydrogens is 255 g/mol. The Labute approximate surface area is 117 Å². The van der Waals surface area contributed by atoms with Gasteiger partial charge in [-0.25, -0.2) is 4.39 Å². The molecule has 3 nitrogen and oxygen atoms in total. The molecule has 2 rings (SSSR count). The first kappa shape index (κ1) is 14.1. The maximum atomic E-state index is 13.1. The number of carbonyl (C=O) groups excluding carboxylic acids is 1. The number of halogens is 1. The van der Waals surface area contributed by atoms with Crippen LogP contribution >= 0.6 is 0 Å². The summed E-state index contributed by atoms with van der Waals surface area (Å²) in [7, 11) is 0. The number of hydrogen-bond donors (Lipinski definition) is 2. The second kappa shape index (κ2) is 6.19. The van der Waals surface area contributed by atoms with Crippen molar-refractivity contribution in [2.24, 2.45) is 0 Å². The average Bonchev–Trinajstić information content (AvgIpc) is 2.41. The van der Waals surface area contributed by atoms with Gasteiger partial charge in [-0.3, -0.25) is 4.79 Å². The summed E-state index contributed by atoms with van der Waals surface area (Å²) in [6.07, 6.45) is 0.974. The highest BCUT2D eigenvalue weighted by atomic mass is 19.1. The molecule has 0 saturated heterocycles. The number of anilines is 2. The van der Waals surface area contributed by atoms with E-state index >= 15 is 0 Å². The number of nitrogens with one attached hydrogen (secondary N) is 1. The highest BCUT2D eigenvalue weighted by Crippen LogP contribution is 2.19. The standard InChI is InChI=1S/C16H17FN2O/c1-11-3-2-4-12(9-11)5-8-16(20)19-15-10-13(17)6-7-14(15)18/h2-4,6-7,9-10H,5,8,18H2,1H3,(H,19,20). The average molecular weight is 272 g/mol. The van der Waals surface area contributed by atoms with Crippen molar-refractivity contribution in [1.82, 2.24) is 0 Å². The third-order valence-corrected chi connectivity index (χ3v) is 3.01. The lowest BCUT2D eigenvalue weighted by atomic mass is 10.1. The number of nitrogen functional groups attached to an aromatic ring is 1. The van der Waals surface area contributed by atoms with E-state index in [-0.39, 0.29) is 5.91 Å². The lowest BCUT2D eigenvalue weighted by molar-refractivity contribution is -0.116. The lowest BCUT2D eigenvalue weighted by Crippen LogP contribution is -2.13. The van der Waals surface area contributed by atoms with Crippen molar-refractivity contribution in [3.8, 4) is 0 Å². The van der Waals surface area contributed by atoms with Crippen LogP contribution in [0, 0.1) is 12.7 Å². The van der Waals surface area contributed by atoms with Crippen molar-refractivity contribution in [3.05, 3.63) is 59.4 Å². The van der Waals surface area contributed by atoms with Gasteiger partial charge in [-0.1, -0.05) is 29.8 Å². The van der Waals surface area contributed by atoms with Crippen molar-refractivity contribution >= 4 is 17.3 Å². The first-order valence-corrected chi connectivity index (χ1v) is 6.45. The molecule has 0 aliphatic carbocycles. The van der Waals surface area contributed by atoms with E-state index in [1.165, 1.54) is 18.2 Å². The second-order valence-electron chi connectivity index (χ2n) is 4.77. The molecule has 2 aromatic rings. The van der Waals surface area contributed by atoms with Crippen LogP contribution in [-0.4, -0.2) is 5.91 Å². The van der Waals surface area contributed by atoms with E-state index in [1.54, 1.807) is 0 Å². The highest BCUT2D eigenvalue weighted by Gasteiger charge is 2.07. The first-order valence-electron chi connectivity index (χ1n) is 6.45. The third-order valence-electron chi connectivity index (χ3n) is 3.01. The fraction of sp³-hybridized carbons (Fsp3) is 0.188. The molecule has 0 aliphatic heterocycles. The van der Waals surface area contributed by atoms with Crippen LogP contribution in [0.2, 0.25) is 0 Å². The fourth-order valence-electron chi connectivity index (χ4n) is 1.97. The van der Waals surface area contributed by atoms with Gasteiger partial charge in [0.05, 0.1) is 11.4 Å². The number of aryl methyl sites for hydroxylation is 2. The van der Waals surface area contributed by atoms with Gasteiger partial charge >= 0.3 is 0 Å². The van der Waals surface area contributed by atoms with E-state index in [9.17, 15) is 9.18 Å². The van der Waals surface area contributed by atoms with Crippen LogP contribution in [0.25, 0.3) is 0 Å².